The van der Waals surface area contributed by atoms with Gasteiger partial charge in [-0.05, 0) is 46.4 Å². The van der Waals surface area contributed by atoms with Crippen molar-refractivity contribution in [1.29, 1.82) is 0 Å². The van der Waals surface area contributed by atoms with Crippen LogP contribution in [0, 0.1) is 9.85 Å². The first kappa shape index (κ1) is 17.3. The van der Waals surface area contributed by atoms with Crippen LogP contribution in [0.2, 0.25) is 0 Å². The normalized spacial score (nSPS) is 11.2. The van der Waals surface area contributed by atoms with Gasteiger partial charge in [0.1, 0.15) is 0 Å². The number of rotatable bonds is 4. The summed E-state index contributed by atoms with van der Waals surface area (Å²) < 4.78 is 23.0. The summed E-state index contributed by atoms with van der Waals surface area (Å²) in [5, 5.41) is 11.8. The smallest absolute Gasteiger partial charge is 0.238 e. The maximum absolute atomic E-state index is 11.8. The average Bonchev–Trinajstić information content (AvgIpc) is 2.46. The molecule has 5 heteroatoms. The van der Waals surface area contributed by atoms with E-state index in [9.17, 15) is 13.6 Å². The second-order valence-electron chi connectivity index (χ2n) is 6.34. The van der Waals surface area contributed by atoms with Gasteiger partial charge in [-0.3, -0.25) is 0 Å². The summed E-state index contributed by atoms with van der Waals surface area (Å²) in [5.74, 6) is 0.721. The molecule has 0 unspecified atom stereocenters. The lowest BCUT2D eigenvalue weighted by Crippen LogP contribution is -2.04. The van der Waals surface area contributed by atoms with Crippen LogP contribution in [-0.2, 0) is 16.7 Å². The number of aromatic nitrogens is 1. The summed E-state index contributed by atoms with van der Waals surface area (Å²) in [6.45, 7) is 8.47. The van der Waals surface area contributed by atoms with E-state index in [-0.39, 0.29) is 4.64 Å². The van der Waals surface area contributed by atoms with Gasteiger partial charge in [-0.15, -0.1) is 0 Å². The quantitative estimate of drug-likeness (QED) is 0.792. The molecule has 2 aromatic rings. The van der Waals surface area contributed by atoms with E-state index in [0.29, 0.717) is 28.6 Å². The minimum atomic E-state index is -2.56. The molecule has 0 saturated heterocycles. The first-order chi connectivity index (χ1) is 10.8. The van der Waals surface area contributed by atoms with Gasteiger partial charge in [-0.1, -0.05) is 52.0 Å². The maximum atomic E-state index is 11.8. The van der Waals surface area contributed by atoms with E-state index in [1.165, 1.54) is 17.3 Å². The zero-order chi connectivity index (χ0) is 17.1. The lowest BCUT2D eigenvalue weighted by molar-refractivity contribution is 0.623. The van der Waals surface area contributed by atoms with Crippen molar-refractivity contribution >= 4 is 10.3 Å². The van der Waals surface area contributed by atoms with Gasteiger partial charge < -0.3 is 9.94 Å². The first-order valence-electron chi connectivity index (χ1n) is 7.74. The zero-order valence-corrected chi connectivity index (χ0v) is 14.7. The lowest BCUT2D eigenvalue weighted by atomic mass is 9.89. The van der Waals surface area contributed by atoms with Crippen molar-refractivity contribution in [3.63, 3.8) is 0 Å². The van der Waals surface area contributed by atoms with Crippen molar-refractivity contribution < 1.29 is 8.42 Å². The molecule has 1 aromatic carbocycles. The summed E-state index contributed by atoms with van der Waals surface area (Å²) in [7, 11) is -2.56. The Morgan fingerprint density at radius 3 is 2.30 bits per heavy atom. The summed E-state index contributed by atoms with van der Waals surface area (Å²) in [5.41, 5.74) is 3.99. The number of hydrogen-bond donors (Lipinski definition) is 0. The molecule has 0 aliphatic rings. The van der Waals surface area contributed by atoms with Crippen molar-refractivity contribution in [2.24, 2.45) is 0 Å². The van der Waals surface area contributed by atoms with E-state index in [4.69, 9.17) is 0 Å². The molecule has 0 saturated carbocycles. The molecule has 4 nitrogen and oxygen atoms in total. The lowest BCUT2D eigenvalue weighted by Gasteiger charge is -2.18. The SMILES string of the molecule is CC(C)c1ccc(C(C)C)c(Cc2cccn([O-])c2=S(=O)=O)c1. The van der Waals surface area contributed by atoms with Gasteiger partial charge in [0.15, 0.2) is 4.64 Å². The highest BCUT2D eigenvalue weighted by Crippen LogP contribution is 2.26. The molecule has 0 bridgehead atoms. The molecule has 0 N–H and O–H groups in total. The minimum absolute atomic E-state index is 0.197. The van der Waals surface area contributed by atoms with Crippen molar-refractivity contribution in [3.05, 3.63) is 68.6 Å². The predicted molar refractivity (Wildman–Crippen MR) is 92.8 cm³/mol. The van der Waals surface area contributed by atoms with Gasteiger partial charge >= 0.3 is 0 Å². The molecule has 23 heavy (non-hydrogen) atoms. The Morgan fingerprint density at radius 1 is 1.04 bits per heavy atom. The van der Waals surface area contributed by atoms with Crippen LogP contribution < -0.4 is 0 Å². The summed E-state index contributed by atoms with van der Waals surface area (Å²) >= 11 is 0. The topological polar surface area (TPSA) is 62.1 Å². The number of hydrogen-bond acceptors (Lipinski definition) is 3. The highest BCUT2D eigenvalue weighted by atomic mass is 32.2. The summed E-state index contributed by atoms with van der Waals surface area (Å²) in [6.07, 6.45) is 1.64. The van der Waals surface area contributed by atoms with Gasteiger partial charge in [0.2, 0.25) is 10.3 Å². The molecule has 2 rings (SSSR count). The van der Waals surface area contributed by atoms with Crippen LogP contribution in [0.3, 0.4) is 0 Å². The molecular weight excluding hydrogens is 310 g/mol. The second kappa shape index (κ2) is 7.04. The Kier molecular flexibility index (Phi) is 5.31. The van der Waals surface area contributed by atoms with E-state index in [1.807, 2.05) is 0 Å². The van der Waals surface area contributed by atoms with Crippen LogP contribution in [-0.4, -0.2) is 13.1 Å². The van der Waals surface area contributed by atoms with Crippen molar-refractivity contribution in [2.75, 3.05) is 0 Å². The largest absolute Gasteiger partial charge is 0.805 e. The first-order valence-corrected chi connectivity index (χ1v) is 8.81. The Morgan fingerprint density at radius 2 is 1.74 bits per heavy atom. The van der Waals surface area contributed by atoms with Gasteiger partial charge in [0.25, 0.3) is 0 Å². The fourth-order valence-electron chi connectivity index (χ4n) is 2.74. The standard InChI is InChI=1S/C18H22NO3S/c1-12(2)14-7-8-17(13(3)4)16(10-14)11-15-6-5-9-19(20)18(15)23(21)22/h5-10,12-13H,11H2,1-4H3/q-1. The summed E-state index contributed by atoms with van der Waals surface area (Å²) in [4.78, 5) is 0. The van der Waals surface area contributed by atoms with E-state index < -0.39 is 10.3 Å². The highest BCUT2D eigenvalue weighted by molar-refractivity contribution is 7.63. The third-order valence-electron chi connectivity index (χ3n) is 3.99. The Hall–Kier alpha value is -2.01. The van der Waals surface area contributed by atoms with E-state index in [1.54, 1.807) is 12.1 Å². The average molecular weight is 332 g/mol. The fourth-order valence-corrected chi connectivity index (χ4v) is 3.30. The van der Waals surface area contributed by atoms with E-state index in [2.05, 4.69) is 45.9 Å². The number of pyridine rings is 1. The molecule has 0 spiro atoms. The molecule has 0 aliphatic heterocycles. The van der Waals surface area contributed by atoms with Crippen LogP contribution >= 0.6 is 0 Å². The zero-order valence-electron chi connectivity index (χ0n) is 13.9. The predicted octanol–water partition coefficient (Wildman–Crippen LogP) is 4.08. The third-order valence-corrected chi connectivity index (χ3v) is 4.75. The highest BCUT2D eigenvalue weighted by Gasteiger charge is 2.11. The Labute approximate surface area is 138 Å². The Balaban J connectivity index is 2.63. The molecule has 1 heterocycles. The van der Waals surface area contributed by atoms with Crippen molar-refractivity contribution in [1.82, 2.24) is 4.73 Å². The summed E-state index contributed by atoms with van der Waals surface area (Å²) in [6, 6.07) is 9.64. The van der Waals surface area contributed by atoms with Crippen molar-refractivity contribution in [3.8, 4) is 0 Å². The molecule has 0 fully saturated rings. The van der Waals surface area contributed by atoms with Gasteiger partial charge in [-0.25, -0.2) is 0 Å². The third kappa shape index (κ3) is 3.85. The van der Waals surface area contributed by atoms with Crippen LogP contribution in [0.4, 0.5) is 0 Å². The Bertz CT molecular complexity index is 869. The number of nitrogens with zero attached hydrogens (tertiary/aromatic N) is 1. The van der Waals surface area contributed by atoms with Gasteiger partial charge in [0, 0.05) is 6.42 Å². The number of benzene rings is 1. The van der Waals surface area contributed by atoms with Gasteiger partial charge in [-0.2, -0.15) is 8.42 Å². The fraction of sp³-hybridized carbons (Fsp3) is 0.389. The minimum Gasteiger partial charge on any atom is -0.805 e. The van der Waals surface area contributed by atoms with E-state index >= 15 is 0 Å². The maximum Gasteiger partial charge on any atom is 0.238 e. The van der Waals surface area contributed by atoms with E-state index in [0.717, 1.165) is 5.56 Å². The molecular formula is C18H22NO3S-. The molecule has 124 valence electrons. The molecule has 0 radical (unpaired) electrons. The molecule has 0 atom stereocenters. The van der Waals surface area contributed by atoms with Crippen LogP contribution in [0.1, 0.15) is 61.8 Å². The monoisotopic (exact) mass is 332 g/mol. The molecule has 0 amide bonds. The molecule has 0 aliphatic carbocycles. The van der Waals surface area contributed by atoms with Crippen molar-refractivity contribution in [2.45, 2.75) is 46.0 Å². The van der Waals surface area contributed by atoms with Crippen LogP contribution in [0.5, 0.6) is 0 Å². The van der Waals surface area contributed by atoms with Crippen LogP contribution in [0.15, 0.2) is 36.5 Å². The molecule has 1 aromatic heterocycles. The second-order valence-corrected chi connectivity index (χ2v) is 7.20. The van der Waals surface area contributed by atoms with Crippen LogP contribution in [0.25, 0.3) is 0 Å². The van der Waals surface area contributed by atoms with Gasteiger partial charge in [0.05, 0.1) is 0 Å².